The van der Waals surface area contributed by atoms with Crippen LogP contribution in [0.25, 0.3) is 0 Å². The zero-order valence-corrected chi connectivity index (χ0v) is 11.0. The van der Waals surface area contributed by atoms with E-state index in [0.717, 1.165) is 25.1 Å². The van der Waals surface area contributed by atoms with Crippen LogP contribution < -0.4 is 9.80 Å². The summed E-state index contributed by atoms with van der Waals surface area (Å²) >= 11 is 0. The Morgan fingerprint density at radius 2 is 2.25 bits per heavy atom. The second-order valence-corrected chi connectivity index (χ2v) is 5.33. The second kappa shape index (κ2) is 4.45. The third-order valence-electron chi connectivity index (χ3n) is 4.26. The highest BCUT2D eigenvalue weighted by Gasteiger charge is 2.55. The van der Waals surface area contributed by atoms with Gasteiger partial charge in [-0.15, -0.1) is 0 Å². The van der Waals surface area contributed by atoms with Crippen LogP contribution in [0.5, 0.6) is 0 Å². The monoisotopic (exact) mass is 270 g/mol. The molecule has 2 aromatic heterocycles. The molecule has 2 aliphatic heterocycles. The summed E-state index contributed by atoms with van der Waals surface area (Å²) in [6.07, 6.45) is 5.35. The Morgan fingerprint density at radius 3 is 3.00 bits per heavy atom. The third kappa shape index (κ3) is 1.59. The lowest BCUT2D eigenvalue weighted by atomic mass is 10.2. The Hall–Kier alpha value is -2.14. The number of hydrogen-bond acceptors (Lipinski definition) is 3. The Balaban J connectivity index is 1.81. The van der Waals surface area contributed by atoms with Gasteiger partial charge in [0, 0.05) is 19.0 Å². The van der Waals surface area contributed by atoms with Crippen molar-refractivity contribution in [3.8, 4) is 0 Å². The number of quaternary nitrogens is 1. The van der Waals surface area contributed by atoms with Crippen LogP contribution in [-0.2, 0) is 4.79 Å². The van der Waals surface area contributed by atoms with Crippen LogP contribution in [0.15, 0.2) is 47.2 Å². The number of hydrogen-bond donors (Lipinski definition) is 1. The minimum absolute atomic E-state index is 0.0482. The molecule has 0 saturated carbocycles. The number of aromatic nitrogens is 1. The van der Waals surface area contributed by atoms with Gasteiger partial charge in [-0.3, -0.25) is 9.69 Å². The molecule has 1 N–H and O–H groups in total. The summed E-state index contributed by atoms with van der Waals surface area (Å²) in [5.41, 5.74) is 0. The smallest absolute Gasteiger partial charge is 0.291 e. The molecule has 1 unspecified atom stereocenters. The van der Waals surface area contributed by atoms with Crippen molar-refractivity contribution in [2.75, 3.05) is 11.4 Å². The van der Waals surface area contributed by atoms with E-state index < -0.39 is 0 Å². The number of carbonyl (C=O) groups excluding carboxylic acids is 1. The Morgan fingerprint density at radius 1 is 1.30 bits per heavy atom. The van der Waals surface area contributed by atoms with Gasteiger partial charge < -0.3 is 4.42 Å². The van der Waals surface area contributed by atoms with Gasteiger partial charge >= 0.3 is 0 Å². The number of pyridine rings is 1. The molecule has 20 heavy (non-hydrogen) atoms. The van der Waals surface area contributed by atoms with E-state index in [1.807, 2.05) is 30.3 Å². The maximum absolute atomic E-state index is 12.7. The van der Waals surface area contributed by atoms with Gasteiger partial charge in [-0.2, -0.15) is 0 Å². The topological polar surface area (TPSA) is 50.8 Å². The van der Waals surface area contributed by atoms with Crippen LogP contribution in [0.3, 0.4) is 0 Å². The summed E-state index contributed by atoms with van der Waals surface area (Å²) in [5.74, 6) is 1.71. The molecule has 102 valence electrons. The van der Waals surface area contributed by atoms with E-state index in [2.05, 4.69) is 4.98 Å². The zero-order valence-electron chi connectivity index (χ0n) is 11.0. The van der Waals surface area contributed by atoms with Crippen LogP contribution in [-0.4, -0.2) is 23.5 Å². The molecule has 4 heterocycles. The molecule has 0 bridgehead atoms. The predicted octanol–water partition coefficient (Wildman–Crippen LogP) is 0.767. The van der Waals surface area contributed by atoms with Gasteiger partial charge in [0.1, 0.15) is 5.82 Å². The minimum Gasteiger partial charge on any atom is -0.461 e. The number of fused-ring (bicyclic) bond motifs is 1. The average molecular weight is 270 g/mol. The van der Waals surface area contributed by atoms with E-state index in [4.69, 9.17) is 4.42 Å². The molecule has 0 spiro atoms. The minimum atomic E-state index is -0.0834. The molecule has 5 nitrogen and oxygen atoms in total. The van der Waals surface area contributed by atoms with Crippen LogP contribution in [0.2, 0.25) is 0 Å². The first-order valence-electron chi connectivity index (χ1n) is 6.99. The van der Waals surface area contributed by atoms with E-state index in [1.54, 1.807) is 17.4 Å². The van der Waals surface area contributed by atoms with Crippen LogP contribution in [0.1, 0.15) is 24.8 Å². The molecule has 2 aliphatic rings. The number of carbonyl (C=O) groups is 1. The molecule has 5 heteroatoms. The van der Waals surface area contributed by atoms with Crippen molar-refractivity contribution in [1.82, 2.24) is 4.98 Å². The van der Waals surface area contributed by atoms with Crippen molar-refractivity contribution in [2.45, 2.75) is 25.0 Å². The first kappa shape index (κ1) is 11.7. The highest BCUT2D eigenvalue weighted by Crippen LogP contribution is 2.29. The van der Waals surface area contributed by atoms with Gasteiger partial charge in [-0.1, -0.05) is 6.07 Å². The highest BCUT2D eigenvalue weighted by molar-refractivity contribution is 5.97. The number of nitrogens with zero attached hydrogens (tertiary/aromatic N) is 2. The number of anilines is 1. The molecule has 3 atom stereocenters. The first-order chi connectivity index (χ1) is 9.86. The fraction of sp³-hybridized carbons (Fsp3) is 0.333. The third-order valence-corrected chi connectivity index (χ3v) is 4.26. The molecule has 1 amide bonds. The molecule has 2 fully saturated rings. The lowest BCUT2D eigenvalue weighted by Crippen LogP contribution is -3.12. The number of amides is 1. The zero-order chi connectivity index (χ0) is 13.5. The summed E-state index contributed by atoms with van der Waals surface area (Å²) in [7, 11) is 0. The molecular weight excluding hydrogens is 254 g/mol. The van der Waals surface area contributed by atoms with Crippen LogP contribution >= 0.6 is 0 Å². The van der Waals surface area contributed by atoms with Crippen molar-refractivity contribution < 1.29 is 14.1 Å². The van der Waals surface area contributed by atoms with Gasteiger partial charge in [0.15, 0.2) is 11.8 Å². The Labute approximate surface area is 116 Å². The maximum atomic E-state index is 12.7. The molecule has 0 radical (unpaired) electrons. The summed E-state index contributed by atoms with van der Waals surface area (Å²) in [4.78, 5) is 20.2. The lowest BCUT2D eigenvalue weighted by Gasteiger charge is -2.23. The molecule has 2 saturated heterocycles. The standard InChI is InChI=1S/C15H15N3O2/c19-15-11-5-3-9-17(11)14(12-6-4-10-20-12)18(15)13-7-1-2-8-16-13/h1-2,4,6-8,10-11,14H,3,5,9H2/p+1/t11-,14-/m1/s1. The largest absolute Gasteiger partial charge is 0.461 e. The van der Waals surface area contributed by atoms with Gasteiger partial charge in [0.2, 0.25) is 6.17 Å². The number of nitrogens with one attached hydrogen (secondary N) is 1. The summed E-state index contributed by atoms with van der Waals surface area (Å²) in [6.45, 7) is 1.01. The first-order valence-corrected chi connectivity index (χ1v) is 6.99. The van der Waals surface area contributed by atoms with Crippen molar-refractivity contribution in [3.05, 3.63) is 48.6 Å². The number of furan rings is 1. The fourth-order valence-electron chi connectivity index (χ4n) is 3.44. The molecule has 0 aromatic carbocycles. The van der Waals surface area contributed by atoms with E-state index in [-0.39, 0.29) is 18.1 Å². The molecule has 0 aliphatic carbocycles. The molecular formula is C15H16N3O2+. The van der Waals surface area contributed by atoms with Gasteiger partial charge in [-0.05, 0) is 24.3 Å². The predicted molar refractivity (Wildman–Crippen MR) is 72.0 cm³/mol. The normalized spacial score (nSPS) is 28.9. The summed E-state index contributed by atoms with van der Waals surface area (Å²) in [6, 6.07) is 9.52. The van der Waals surface area contributed by atoms with Gasteiger partial charge in [0.25, 0.3) is 5.91 Å². The van der Waals surface area contributed by atoms with Gasteiger partial charge in [0.05, 0.1) is 12.8 Å². The second-order valence-electron chi connectivity index (χ2n) is 5.33. The highest BCUT2D eigenvalue weighted by atomic mass is 16.3. The van der Waals surface area contributed by atoms with Gasteiger partial charge in [-0.25, -0.2) is 9.88 Å². The quantitative estimate of drug-likeness (QED) is 0.877. The van der Waals surface area contributed by atoms with E-state index in [1.165, 1.54) is 4.90 Å². The maximum Gasteiger partial charge on any atom is 0.291 e. The van der Waals surface area contributed by atoms with Crippen molar-refractivity contribution in [1.29, 1.82) is 0 Å². The van der Waals surface area contributed by atoms with Crippen molar-refractivity contribution in [3.63, 3.8) is 0 Å². The summed E-state index contributed by atoms with van der Waals surface area (Å²) in [5, 5.41) is 0. The summed E-state index contributed by atoms with van der Waals surface area (Å²) < 4.78 is 5.58. The fourth-order valence-corrected chi connectivity index (χ4v) is 3.44. The lowest BCUT2D eigenvalue weighted by molar-refractivity contribution is -0.925. The SMILES string of the molecule is O=C1[C@H]2CCC[NH+]2[C@@H](c2ccco2)N1c1ccccn1. The molecule has 2 aromatic rings. The van der Waals surface area contributed by atoms with Crippen LogP contribution in [0.4, 0.5) is 5.82 Å². The Bertz CT molecular complexity index is 611. The van der Waals surface area contributed by atoms with E-state index >= 15 is 0 Å². The number of rotatable bonds is 2. The average Bonchev–Trinajstić information content (AvgIpc) is 3.18. The Kier molecular flexibility index (Phi) is 2.60. The van der Waals surface area contributed by atoms with E-state index in [0.29, 0.717) is 5.82 Å². The van der Waals surface area contributed by atoms with Crippen molar-refractivity contribution >= 4 is 11.7 Å². The molecule has 4 rings (SSSR count). The van der Waals surface area contributed by atoms with Crippen molar-refractivity contribution in [2.24, 2.45) is 0 Å². The van der Waals surface area contributed by atoms with E-state index in [9.17, 15) is 4.79 Å². The van der Waals surface area contributed by atoms with Crippen LogP contribution in [0, 0.1) is 0 Å².